The fourth-order valence-corrected chi connectivity index (χ4v) is 2.81. The Kier molecular flexibility index (Phi) is 4.59. The highest BCUT2D eigenvalue weighted by atomic mass is 16.5. The molecule has 0 fully saturated rings. The molecule has 0 saturated carbocycles. The molecular formula is C15H23N7O. The normalized spacial score (nSPS) is 14.7. The van der Waals surface area contributed by atoms with Crippen molar-refractivity contribution in [2.75, 3.05) is 7.05 Å². The van der Waals surface area contributed by atoms with Crippen LogP contribution in [0, 0.1) is 13.8 Å². The van der Waals surface area contributed by atoms with E-state index in [4.69, 9.17) is 4.52 Å². The highest BCUT2D eigenvalue weighted by Gasteiger charge is 2.16. The SMILES string of the molecule is CN=C(NCc1c(C)noc1C)NCc1nnc2n1CCCC2. The van der Waals surface area contributed by atoms with Crippen LogP contribution in [0.4, 0.5) is 0 Å². The Morgan fingerprint density at radius 3 is 2.78 bits per heavy atom. The summed E-state index contributed by atoms with van der Waals surface area (Å²) < 4.78 is 7.38. The molecular weight excluding hydrogens is 294 g/mol. The van der Waals surface area contributed by atoms with E-state index in [9.17, 15) is 0 Å². The second-order valence-electron chi connectivity index (χ2n) is 5.72. The average Bonchev–Trinajstić information content (AvgIpc) is 3.12. The number of hydrogen-bond donors (Lipinski definition) is 2. The van der Waals surface area contributed by atoms with Gasteiger partial charge in [0.05, 0.1) is 12.2 Å². The number of aliphatic imine (C=N–C) groups is 1. The van der Waals surface area contributed by atoms with Crippen molar-refractivity contribution in [3.05, 3.63) is 28.7 Å². The zero-order chi connectivity index (χ0) is 16.2. The molecule has 8 heteroatoms. The quantitative estimate of drug-likeness (QED) is 0.647. The number of hydrogen-bond acceptors (Lipinski definition) is 5. The van der Waals surface area contributed by atoms with Gasteiger partial charge in [-0.25, -0.2) is 0 Å². The highest BCUT2D eigenvalue weighted by Crippen LogP contribution is 2.14. The number of nitrogens with zero attached hydrogens (tertiary/aromatic N) is 5. The van der Waals surface area contributed by atoms with Crippen molar-refractivity contribution in [3.8, 4) is 0 Å². The van der Waals surface area contributed by atoms with Crippen LogP contribution >= 0.6 is 0 Å². The molecule has 0 aliphatic carbocycles. The average molecular weight is 317 g/mol. The van der Waals surface area contributed by atoms with Gasteiger partial charge in [0.15, 0.2) is 11.8 Å². The van der Waals surface area contributed by atoms with Crippen LogP contribution in [0.15, 0.2) is 9.52 Å². The maximum Gasteiger partial charge on any atom is 0.191 e. The van der Waals surface area contributed by atoms with Crippen molar-refractivity contribution in [2.24, 2.45) is 4.99 Å². The molecule has 3 rings (SSSR count). The third-order valence-corrected chi connectivity index (χ3v) is 4.19. The van der Waals surface area contributed by atoms with Crippen LogP contribution in [0.1, 0.15) is 41.5 Å². The van der Waals surface area contributed by atoms with E-state index < -0.39 is 0 Å². The van der Waals surface area contributed by atoms with E-state index in [0.717, 1.165) is 47.6 Å². The number of nitrogens with one attached hydrogen (secondary N) is 2. The Morgan fingerprint density at radius 1 is 1.22 bits per heavy atom. The third kappa shape index (κ3) is 3.35. The van der Waals surface area contributed by atoms with Gasteiger partial charge in [-0.3, -0.25) is 4.99 Å². The summed E-state index contributed by atoms with van der Waals surface area (Å²) in [6.45, 7) is 6.08. The molecule has 1 aliphatic heterocycles. The summed E-state index contributed by atoms with van der Waals surface area (Å²) in [5.74, 6) is 3.60. The van der Waals surface area contributed by atoms with Gasteiger partial charge in [-0.2, -0.15) is 0 Å². The second-order valence-corrected chi connectivity index (χ2v) is 5.72. The van der Waals surface area contributed by atoms with E-state index in [1.54, 1.807) is 7.05 Å². The molecule has 8 nitrogen and oxygen atoms in total. The predicted octanol–water partition coefficient (Wildman–Crippen LogP) is 1.08. The van der Waals surface area contributed by atoms with Gasteiger partial charge in [-0.05, 0) is 26.7 Å². The van der Waals surface area contributed by atoms with Crippen molar-refractivity contribution in [3.63, 3.8) is 0 Å². The number of aryl methyl sites for hydroxylation is 3. The molecule has 3 heterocycles. The smallest absolute Gasteiger partial charge is 0.191 e. The lowest BCUT2D eigenvalue weighted by Crippen LogP contribution is -2.37. The number of fused-ring (bicyclic) bond motifs is 1. The van der Waals surface area contributed by atoms with Crippen LogP contribution in [0.25, 0.3) is 0 Å². The molecule has 124 valence electrons. The van der Waals surface area contributed by atoms with Crippen LogP contribution in [0.2, 0.25) is 0 Å². The van der Waals surface area contributed by atoms with Crippen LogP contribution in [0.5, 0.6) is 0 Å². The van der Waals surface area contributed by atoms with E-state index in [1.165, 1.54) is 12.8 Å². The summed E-state index contributed by atoms with van der Waals surface area (Å²) in [5.41, 5.74) is 1.96. The number of rotatable bonds is 4. The fourth-order valence-electron chi connectivity index (χ4n) is 2.81. The maximum atomic E-state index is 5.17. The molecule has 2 aromatic rings. The first-order valence-electron chi connectivity index (χ1n) is 7.96. The van der Waals surface area contributed by atoms with Crippen molar-refractivity contribution < 1.29 is 4.52 Å². The summed E-state index contributed by atoms with van der Waals surface area (Å²) in [4.78, 5) is 4.24. The summed E-state index contributed by atoms with van der Waals surface area (Å²) in [6.07, 6.45) is 3.41. The molecule has 0 saturated heterocycles. The number of aromatic nitrogens is 4. The van der Waals surface area contributed by atoms with Crippen molar-refractivity contribution in [2.45, 2.75) is 52.7 Å². The van der Waals surface area contributed by atoms with Crippen molar-refractivity contribution in [1.82, 2.24) is 30.6 Å². The zero-order valence-electron chi connectivity index (χ0n) is 13.9. The van der Waals surface area contributed by atoms with E-state index in [-0.39, 0.29) is 0 Å². The molecule has 0 spiro atoms. The topological polar surface area (TPSA) is 93.2 Å². The van der Waals surface area contributed by atoms with E-state index in [1.807, 2.05) is 13.8 Å². The van der Waals surface area contributed by atoms with Crippen LogP contribution in [-0.2, 0) is 26.1 Å². The lowest BCUT2D eigenvalue weighted by molar-refractivity contribution is 0.392. The van der Waals surface area contributed by atoms with Gasteiger partial charge in [-0.15, -0.1) is 10.2 Å². The minimum Gasteiger partial charge on any atom is -0.361 e. The molecule has 2 N–H and O–H groups in total. The molecule has 0 unspecified atom stereocenters. The first-order chi connectivity index (χ1) is 11.2. The number of guanidine groups is 1. The van der Waals surface area contributed by atoms with Crippen molar-refractivity contribution in [1.29, 1.82) is 0 Å². The Labute approximate surface area is 135 Å². The predicted molar refractivity (Wildman–Crippen MR) is 86.0 cm³/mol. The van der Waals surface area contributed by atoms with E-state index >= 15 is 0 Å². The van der Waals surface area contributed by atoms with Gasteiger partial charge in [0.1, 0.15) is 11.6 Å². The first kappa shape index (κ1) is 15.5. The van der Waals surface area contributed by atoms with Crippen LogP contribution in [0.3, 0.4) is 0 Å². The second kappa shape index (κ2) is 6.80. The minimum atomic E-state index is 0.605. The summed E-state index contributed by atoms with van der Waals surface area (Å²) in [6, 6.07) is 0. The summed E-state index contributed by atoms with van der Waals surface area (Å²) in [7, 11) is 1.75. The lowest BCUT2D eigenvalue weighted by Gasteiger charge is -2.16. The van der Waals surface area contributed by atoms with Gasteiger partial charge < -0.3 is 19.7 Å². The molecule has 0 aromatic carbocycles. The monoisotopic (exact) mass is 317 g/mol. The van der Waals surface area contributed by atoms with Gasteiger partial charge in [0.2, 0.25) is 0 Å². The van der Waals surface area contributed by atoms with E-state index in [2.05, 4.69) is 35.5 Å². The highest BCUT2D eigenvalue weighted by molar-refractivity contribution is 5.79. The Hall–Kier alpha value is -2.38. The van der Waals surface area contributed by atoms with Crippen molar-refractivity contribution >= 4 is 5.96 Å². The van der Waals surface area contributed by atoms with Crippen LogP contribution < -0.4 is 10.6 Å². The molecule has 0 amide bonds. The molecule has 23 heavy (non-hydrogen) atoms. The minimum absolute atomic E-state index is 0.605. The standard InChI is InChI=1S/C15H23N7O/c1-10-12(11(2)23-21-10)8-17-15(16-3)18-9-14-20-19-13-6-4-5-7-22(13)14/h4-9H2,1-3H3,(H2,16,17,18). The Morgan fingerprint density at radius 2 is 2.04 bits per heavy atom. The van der Waals surface area contributed by atoms with Crippen LogP contribution in [-0.4, -0.2) is 32.9 Å². The zero-order valence-corrected chi connectivity index (χ0v) is 13.9. The Bertz CT molecular complexity index is 681. The van der Waals surface area contributed by atoms with E-state index in [0.29, 0.717) is 13.1 Å². The largest absolute Gasteiger partial charge is 0.361 e. The van der Waals surface area contributed by atoms with Gasteiger partial charge >= 0.3 is 0 Å². The third-order valence-electron chi connectivity index (χ3n) is 4.19. The molecule has 2 aromatic heterocycles. The molecule has 1 aliphatic rings. The lowest BCUT2D eigenvalue weighted by atomic mass is 10.2. The molecule has 0 atom stereocenters. The van der Waals surface area contributed by atoms with Gasteiger partial charge in [0, 0.05) is 32.1 Å². The first-order valence-corrected chi connectivity index (χ1v) is 7.96. The van der Waals surface area contributed by atoms with Gasteiger partial charge in [-0.1, -0.05) is 5.16 Å². The summed E-state index contributed by atoms with van der Waals surface area (Å²) >= 11 is 0. The molecule has 0 bridgehead atoms. The maximum absolute atomic E-state index is 5.17. The Balaban J connectivity index is 1.57. The summed E-state index contributed by atoms with van der Waals surface area (Å²) in [5, 5.41) is 19.1. The molecule has 0 radical (unpaired) electrons. The van der Waals surface area contributed by atoms with Gasteiger partial charge in [0.25, 0.3) is 0 Å². The fraction of sp³-hybridized carbons (Fsp3) is 0.600.